The van der Waals surface area contributed by atoms with Gasteiger partial charge in [0.2, 0.25) is 0 Å². The van der Waals surface area contributed by atoms with E-state index < -0.39 is 0 Å². The van der Waals surface area contributed by atoms with Gasteiger partial charge in [0.15, 0.2) is 0 Å². The molecule has 0 heterocycles. The summed E-state index contributed by atoms with van der Waals surface area (Å²) >= 11 is 0. The second kappa shape index (κ2) is 12.7. The molecule has 0 atom stereocenters. The molecule has 2 heteroatoms. The molecule has 9 aromatic rings. The fourth-order valence-electron chi connectivity index (χ4n) is 8.83. The number of anilines is 6. The quantitative estimate of drug-likeness (QED) is 0.170. The molecule has 1 aliphatic carbocycles. The summed E-state index contributed by atoms with van der Waals surface area (Å²) in [6.45, 7) is 9.09. The second-order valence-electron chi connectivity index (χ2n) is 15.7. The number of fused-ring (bicyclic) bond motifs is 7. The standard InChI is InChI=1S/C53H42N2/c1-35-13-20-42(21-14-35)54(44-24-17-37-9-5-7-11-39(37)31-44)46-26-29-48-41(33-46)19-28-50-49-30-27-47(34-51(49)53(3,4)52(48)50)55(43-22-15-36(2)16-23-43)45-25-18-38-10-6-8-12-40(38)32-45/h5-34H,1-4H3. The highest BCUT2D eigenvalue weighted by molar-refractivity contribution is 6.01. The molecule has 0 radical (unpaired) electrons. The van der Waals surface area contributed by atoms with Crippen LogP contribution in [0.25, 0.3) is 43.4 Å². The van der Waals surface area contributed by atoms with Gasteiger partial charge in [0.25, 0.3) is 0 Å². The van der Waals surface area contributed by atoms with Crippen LogP contribution in [0, 0.1) is 13.8 Å². The first-order valence-corrected chi connectivity index (χ1v) is 19.3. The van der Waals surface area contributed by atoms with E-state index in [0.29, 0.717) is 0 Å². The Bertz CT molecular complexity index is 2920. The van der Waals surface area contributed by atoms with E-state index in [2.05, 4.69) is 219 Å². The Kier molecular flexibility index (Phi) is 7.64. The summed E-state index contributed by atoms with van der Waals surface area (Å²) in [5, 5.41) is 7.50. The van der Waals surface area contributed by atoms with Crippen LogP contribution in [0.4, 0.5) is 34.1 Å². The largest absolute Gasteiger partial charge is 0.310 e. The number of nitrogens with zero attached hydrogens (tertiary/aromatic N) is 2. The van der Waals surface area contributed by atoms with Crippen LogP contribution in [0.2, 0.25) is 0 Å². The lowest BCUT2D eigenvalue weighted by molar-refractivity contribution is 0.666. The minimum absolute atomic E-state index is 0.209. The van der Waals surface area contributed by atoms with E-state index in [0.717, 1.165) is 34.1 Å². The normalized spacial score (nSPS) is 12.9. The van der Waals surface area contributed by atoms with E-state index >= 15 is 0 Å². The molecule has 0 N–H and O–H groups in total. The highest BCUT2D eigenvalue weighted by Crippen LogP contribution is 2.53. The van der Waals surface area contributed by atoms with Crippen LogP contribution in [0.15, 0.2) is 182 Å². The number of rotatable bonds is 6. The fourth-order valence-corrected chi connectivity index (χ4v) is 8.83. The predicted octanol–water partition coefficient (Wildman–Crippen LogP) is 15.0. The number of hydrogen-bond donors (Lipinski definition) is 0. The van der Waals surface area contributed by atoms with Crippen LogP contribution in [0.1, 0.15) is 36.1 Å². The molecule has 0 aliphatic heterocycles. The van der Waals surface area contributed by atoms with Crippen molar-refractivity contribution in [1.82, 2.24) is 0 Å². The van der Waals surface area contributed by atoms with Crippen molar-refractivity contribution in [3.63, 3.8) is 0 Å². The molecule has 55 heavy (non-hydrogen) atoms. The summed E-state index contributed by atoms with van der Waals surface area (Å²) in [4.78, 5) is 4.79. The van der Waals surface area contributed by atoms with Gasteiger partial charge in [-0.1, -0.05) is 134 Å². The summed E-state index contributed by atoms with van der Waals surface area (Å²) in [6, 6.07) is 67.3. The highest BCUT2D eigenvalue weighted by atomic mass is 15.1. The third-order valence-electron chi connectivity index (χ3n) is 11.7. The zero-order valence-corrected chi connectivity index (χ0v) is 31.7. The van der Waals surface area contributed by atoms with Crippen LogP contribution in [0.3, 0.4) is 0 Å². The summed E-state index contributed by atoms with van der Waals surface area (Å²) in [5.74, 6) is 0. The van der Waals surface area contributed by atoms with E-state index in [4.69, 9.17) is 0 Å². The van der Waals surface area contributed by atoms with Crippen molar-refractivity contribution < 1.29 is 0 Å². The minimum atomic E-state index is -0.209. The van der Waals surface area contributed by atoms with Crippen LogP contribution in [-0.4, -0.2) is 0 Å². The highest BCUT2D eigenvalue weighted by Gasteiger charge is 2.37. The molecule has 264 valence electrons. The Hall–Kier alpha value is -6.64. The molecule has 0 saturated heterocycles. The molecule has 10 rings (SSSR count). The van der Waals surface area contributed by atoms with E-state index in [9.17, 15) is 0 Å². The molecular weight excluding hydrogens is 665 g/mol. The Morgan fingerprint density at radius 3 is 1.29 bits per heavy atom. The van der Waals surface area contributed by atoms with Gasteiger partial charge in [0.05, 0.1) is 0 Å². The number of benzene rings is 9. The number of hydrogen-bond acceptors (Lipinski definition) is 2. The lowest BCUT2D eigenvalue weighted by Crippen LogP contribution is -2.17. The van der Waals surface area contributed by atoms with Gasteiger partial charge >= 0.3 is 0 Å². The predicted molar refractivity (Wildman–Crippen MR) is 235 cm³/mol. The van der Waals surface area contributed by atoms with Crippen molar-refractivity contribution in [3.8, 4) is 11.1 Å². The molecule has 0 saturated carbocycles. The van der Waals surface area contributed by atoms with Crippen molar-refractivity contribution in [1.29, 1.82) is 0 Å². The van der Waals surface area contributed by atoms with Gasteiger partial charge in [0, 0.05) is 39.5 Å². The molecule has 0 bridgehead atoms. The first-order valence-electron chi connectivity index (χ1n) is 19.3. The maximum Gasteiger partial charge on any atom is 0.0468 e. The van der Waals surface area contributed by atoms with E-state index in [1.165, 1.54) is 65.7 Å². The smallest absolute Gasteiger partial charge is 0.0468 e. The lowest BCUT2D eigenvalue weighted by atomic mass is 9.80. The summed E-state index contributed by atoms with van der Waals surface area (Å²) in [6.07, 6.45) is 0. The lowest BCUT2D eigenvalue weighted by Gasteiger charge is -2.29. The Labute approximate surface area is 323 Å². The van der Waals surface area contributed by atoms with Crippen LogP contribution in [0.5, 0.6) is 0 Å². The third-order valence-corrected chi connectivity index (χ3v) is 11.7. The summed E-state index contributed by atoms with van der Waals surface area (Å²) < 4.78 is 0. The summed E-state index contributed by atoms with van der Waals surface area (Å²) in [5.41, 5.74) is 14.6. The topological polar surface area (TPSA) is 6.48 Å². The Balaban J connectivity index is 1.08. The molecule has 1 aliphatic rings. The zero-order valence-electron chi connectivity index (χ0n) is 31.7. The molecule has 0 spiro atoms. The molecule has 0 amide bonds. The molecular formula is C53H42N2. The van der Waals surface area contributed by atoms with Gasteiger partial charge in [-0.05, 0) is 141 Å². The first-order chi connectivity index (χ1) is 26.8. The van der Waals surface area contributed by atoms with Crippen LogP contribution >= 0.6 is 0 Å². The van der Waals surface area contributed by atoms with Crippen molar-refractivity contribution in [2.24, 2.45) is 0 Å². The average molecular weight is 707 g/mol. The SMILES string of the molecule is Cc1ccc(N(c2ccc3c(c2)C(C)(C)c2c-3ccc3cc(N(c4ccc(C)cc4)c4ccc5ccccc5c4)ccc23)c2ccc3ccccc3c2)cc1. The monoisotopic (exact) mass is 706 g/mol. The fraction of sp³-hybridized carbons (Fsp3) is 0.0943. The van der Waals surface area contributed by atoms with Crippen molar-refractivity contribution in [3.05, 3.63) is 204 Å². The van der Waals surface area contributed by atoms with Crippen molar-refractivity contribution >= 4 is 66.4 Å². The maximum absolute atomic E-state index is 2.43. The van der Waals surface area contributed by atoms with Gasteiger partial charge in [-0.25, -0.2) is 0 Å². The van der Waals surface area contributed by atoms with Crippen molar-refractivity contribution in [2.75, 3.05) is 9.80 Å². The van der Waals surface area contributed by atoms with Gasteiger partial charge in [-0.15, -0.1) is 0 Å². The van der Waals surface area contributed by atoms with Gasteiger partial charge < -0.3 is 9.80 Å². The maximum atomic E-state index is 2.43. The molecule has 0 aromatic heterocycles. The average Bonchev–Trinajstić information content (AvgIpc) is 3.45. The Morgan fingerprint density at radius 2 is 0.745 bits per heavy atom. The Morgan fingerprint density at radius 1 is 0.345 bits per heavy atom. The second-order valence-corrected chi connectivity index (χ2v) is 15.7. The molecule has 2 nitrogen and oxygen atoms in total. The van der Waals surface area contributed by atoms with E-state index in [1.807, 2.05) is 0 Å². The minimum Gasteiger partial charge on any atom is -0.310 e. The van der Waals surface area contributed by atoms with Gasteiger partial charge in [-0.3, -0.25) is 0 Å². The van der Waals surface area contributed by atoms with Crippen molar-refractivity contribution in [2.45, 2.75) is 33.1 Å². The third kappa shape index (κ3) is 5.56. The zero-order chi connectivity index (χ0) is 37.3. The molecule has 0 unspecified atom stereocenters. The first kappa shape index (κ1) is 33.0. The van der Waals surface area contributed by atoms with Crippen LogP contribution < -0.4 is 9.80 Å². The molecule has 9 aromatic carbocycles. The summed E-state index contributed by atoms with van der Waals surface area (Å²) in [7, 11) is 0. The number of aryl methyl sites for hydroxylation is 2. The van der Waals surface area contributed by atoms with Gasteiger partial charge in [-0.2, -0.15) is 0 Å². The van der Waals surface area contributed by atoms with Crippen LogP contribution in [-0.2, 0) is 5.41 Å². The van der Waals surface area contributed by atoms with Gasteiger partial charge in [0.1, 0.15) is 0 Å². The van der Waals surface area contributed by atoms with E-state index in [1.54, 1.807) is 0 Å². The van der Waals surface area contributed by atoms with E-state index in [-0.39, 0.29) is 5.41 Å². The molecule has 0 fully saturated rings.